The van der Waals surface area contributed by atoms with Crippen LogP contribution in [-0.4, -0.2) is 14.8 Å². The summed E-state index contributed by atoms with van der Waals surface area (Å²) in [5.41, 5.74) is -0.841. The zero-order chi connectivity index (χ0) is 8.43. The standard InChI is InChI=1S/C5H3FN2O2S/c6-3-1-7-4(9)8(2-3)5(10)11/h1-2H,(H,10,11). The molecule has 1 aromatic heterocycles. The fourth-order valence-corrected chi connectivity index (χ4v) is 0.671. The van der Waals surface area contributed by atoms with Crippen LogP contribution in [0.1, 0.15) is 0 Å². The second-order valence-corrected chi connectivity index (χ2v) is 2.09. The van der Waals surface area contributed by atoms with Crippen LogP contribution in [0.5, 0.6) is 0 Å². The van der Waals surface area contributed by atoms with Crippen molar-refractivity contribution in [3.05, 3.63) is 28.7 Å². The van der Waals surface area contributed by atoms with Gasteiger partial charge in [-0.3, -0.25) is 4.79 Å². The number of hydrogen-bond acceptors (Lipinski definition) is 3. The van der Waals surface area contributed by atoms with Gasteiger partial charge in [-0.15, -0.1) is 0 Å². The molecule has 0 radical (unpaired) electrons. The van der Waals surface area contributed by atoms with Crippen molar-refractivity contribution in [1.82, 2.24) is 9.55 Å². The Morgan fingerprint density at radius 1 is 1.73 bits per heavy atom. The average molecular weight is 174 g/mol. The molecule has 11 heavy (non-hydrogen) atoms. The molecule has 58 valence electrons. The molecular weight excluding hydrogens is 171 g/mol. The molecule has 0 aliphatic rings. The number of carbonyl (C=O) groups excluding carboxylic acids is 1. The lowest BCUT2D eigenvalue weighted by Crippen LogP contribution is -2.25. The molecule has 0 atom stereocenters. The first kappa shape index (κ1) is 7.93. The van der Waals surface area contributed by atoms with Gasteiger partial charge in [-0.2, -0.15) is 4.98 Å². The van der Waals surface area contributed by atoms with Gasteiger partial charge in [-0.25, -0.2) is 13.8 Å². The van der Waals surface area contributed by atoms with Crippen molar-refractivity contribution in [1.29, 1.82) is 0 Å². The van der Waals surface area contributed by atoms with E-state index in [1.165, 1.54) is 0 Å². The second kappa shape index (κ2) is 2.83. The molecule has 0 amide bonds. The van der Waals surface area contributed by atoms with Gasteiger partial charge in [0, 0.05) is 0 Å². The van der Waals surface area contributed by atoms with E-state index in [2.05, 4.69) is 17.6 Å². The molecule has 0 bridgehead atoms. The Bertz CT molecular complexity index is 349. The third-order valence-electron chi connectivity index (χ3n) is 0.963. The van der Waals surface area contributed by atoms with E-state index in [0.717, 1.165) is 12.4 Å². The second-order valence-electron chi connectivity index (χ2n) is 1.71. The normalized spacial score (nSPS) is 9.64. The Hall–Kier alpha value is -1.17. The van der Waals surface area contributed by atoms with Crippen LogP contribution in [0, 0.1) is 5.82 Å². The maximum absolute atomic E-state index is 12.3. The number of thiol groups is 1. The van der Waals surface area contributed by atoms with Gasteiger partial charge in [0.25, 0.3) is 5.24 Å². The number of halogens is 1. The summed E-state index contributed by atoms with van der Waals surface area (Å²) in [5, 5.41) is -0.859. The van der Waals surface area contributed by atoms with Gasteiger partial charge in [-0.1, -0.05) is 12.6 Å². The monoisotopic (exact) mass is 174 g/mol. The minimum atomic E-state index is -0.859. The van der Waals surface area contributed by atoms with E-state index in [1.807, 2.05) is 0 Å². The van der Waals surface area contributed by atoms with Crippen molar-refractivity contribution in [2.24, 2.45) is 0 Å². The summed E-state index contributed by atoms with van der Waals surface area (Å²) in [6.07, 6.45) is 1.46. The molecule has 0 aromatic carbocycles. The van der Waals surface area contributed by atoms with E-state index in [1.54, 1.807) is 0 Å². The predicted octanol–water partition coefficient (Wildman–Crippen LogP) is 0.280. The van der Waals surface area contributed by atoms with Gasteiger partial charge in [0.1, 0.15) is 0 Å². The molecule has 1 heterocycles. The summed E-state index contributed by atoms with van der Waals surface area (Å²) in [6.45, 7) is 0. The van der Waals surface area contributed by atoms with Crippen molar-refractivity contribution in [3.8, 4) is 0 Å². The summed E-state index contributed by atoms with van der Waals surface area (Å²) < 4.78 is 12.8. The van der Waals surface area contributed by atoms with E-state index in [0.29, 0.717) is 4.57 Å². The molecule has 0 N–H and O–H groups in total. The smallest absolute Gasteiger partial charge is 0.261 e. The lowest BCUT2D eigenvalue weighted by Gasteiger charge is -1.95. The summed E-state index contributed by atoms with van der Waals surface area (Å²) >= 11 is 3.32. The third-order valence-corrected chi connectivity index (χ3v) is 1.18. The molecule has 1 rings (SSSR count). The van der Waals surface area contributed by atoms with Gasteiger partial charge in [-0.05, 0) is 0 Å². The van der Waals surface area contributed by atoms with Crippen LogP contribution in [0.25, 0.3) is 0 Å². The first-order valence-electron chi connectivity index (χ1n) is 2.59. The van der Waals surface area contributed by atoms with Gasteiger partial charge in [0.15, 0.2) is 5.82 Å². The molecule has 1 aromatic rings. The minimum absolute atomic E-state index is 0.471. The predicted molar refractivity (Wildman–Crippen MR) is 38.2 cm³/mol. The molecule has 0 aliphatic heterocycles. The summed E-state index contributed by atoms with van der Waals surface area (Å²) in [4.78, 5) is 24.1. The van der Waals surface area contributed by atoms with Gasteiger partial charge in [0.2, 0.25) is 0 Å². The van der Waals surface area contributed by atoms with E-state index in [9.17, 15) is 14.0 Å². The van der Waals surface area contributed by atoms with Crippen molar-refractivity contribution >= 4 is 17.9 Å². The highest BCUT2D eigenvalue weighted by Gasteiger charge is 2.02. The van der Waals surface area contributed by atoms with Crippen molar-refractivity contribution < 1.29 is 9.18 Å². The van der Waals surface area contributed by atoms with Crippen LogP contribution < -0.4 is 5.69 Å². The lowest BCUT2D eigenvalue weighted by atomic mass is 10.6. The van der Waals surface area contributed by atoms with Crippen molar-refractivity contribution in [3.63, 3.8) is 0 Å². The molecule has 0 unspecified atom stereocenters. The molecule has 4 nitrogen and oxygen atoms in total. The highest BCUT2D eigenvalue weighted by molar-refractivity contribution is 7.96. The van der Waals surface area contributed by atoms with E-state index in [4.69, 9.17) is 0 Å². The fourth-order valence-electron chi connectivity index (χ4n) is 0.528. The maximum Gasteiger partial charge on any atom is 0.355 e. The molecular formula is C5H3FN2O2S. The van der Waals surface area contributed by atoms with Crippen molar-refractivity contribution in [2.75, 3.05) is 0 Å². The zero-order valence-electron chi connectivity index (χ0n) is 5.19. The Labute approximate surface area is 66.1 Å². The maximum atomic E-state index is 12.3. The molecule has 0 aliphatic carbocycles. The fraction of sp³-hybridized carbons (Fsp3) is 0. The molecule has 6 heteroatoms. The van der Waals surface area contributed by atoms with E-state index in [-0.39, 0.29) is 0 Å². The number of rotatable bonds is 0. The molecule has 0 saturated heterocycles. The van der Waals surface area contributed by atoms with Crippen LogP contribution in [0.4, 0.5) is 9.18 Å². The number of nitrogens with zero attached hydrogens (tertiary/aromatic N) is 2. The topological polar surface area (TPSA) is 52.0 Å². The number of carbonyl (C=O) groups is 1. The number of hydrogen-bond donors (Lipinski definition) is 1. The van der Waals surface area contributed by atoms with Crippen LogP contribution in [0.2, 0.25) is 0 Å². The highest BCUT2D eigenvalue weighted by atomic mass is 32.1. The van der Waals surface area contributed by atoms with E-state index < -0.39 is 16.7 Å². The molecule has 0 saturated carbocycles. The molecule has 0 spiro atoms. The van der Waals surface area contributed by atoms with Crippen LogP contribution in [-0.2, 0) is 0 Å². The third kappa shape index (κ3) is 1.64. The highest BCUT2D eigenvalue weighted by Crippen LogP contribution is 1.91. The largest absolute Gasteiger partial charge is 0.355 e. The molecule has 0 fully saturated rings. The summed E-state index contributed by atoms with van der Waals surface area (Å²) in [7, 11) is 0. The van der Waals surface area contributed by atoms with Crippen LogP contribution >= 0.6 is 12.6 Å². The van der Waals surface area contributed by atoms with Gasteiger partial charge >= 0.3 is 5.69 Å². The minimum Gasteiger partial charge on any atom is -0.261 e. The Morgan fingerprint density at radius 3 is 2.82 bits per heavy atom. The van der Waals surface area contributed by atoms with Gasteiger partial charge < -0.3 is 0 Å². The quantitative estimate of drug-likeness (QED) is 0.575. The number of aromatic nitrogens is 2. The van der Waals surface area contributed by atoms with Crippen LogP contribution in [0.15, 0.2) is 17.2 Å². The van der Waals surface area contributed by atoms with Crippen LogP contribution in [0.3, 0.4) is 0 Å². The Morgan fingerprint density at radius 2 is 2.36 bits per heavy atom. The van der Waals surface area contributed by atoms with E-state index >= 15 is 0 Å². The van der Waals surface area contributed by atoms with Crippen molar-refractivity contribution in [2.45, 2.75) is 0 Å². The summed E-state index contributed by atoms with van der Waals surface area (Å²) in [5.74, 6) is -0.757. The Kier molecular flexibility index (Phi) is 2.04. The first-order chi connectivity index (χ1) is 5.11. The van der Waals surface area contributed by atoms with Gasteiger partial charge in [0.05, 0.1) is 12.4 Å². The Balaban J connectivity index is 3.35. The zero-order valence-corrected chi connectivity index (χ0v) is 6.09. The first-order valence-corrected chi connectivity index (χ1v) is 3.03. The average Bonchev–Trinajstić information content (AvgIpc) is 1.94. The lowest BCUT2D eigenvalue weighted by molar-refractivity contribution is 0.261. The summed E-state index contributed by atoms with van der Waals surface area (Å²) in [6, 6.07) is 0. The SMILES string of the molecule is O=C(S)n1cc(F)cnc1=O.